The second-order valence-electron chi connectivity index (χ2n) is 12.6. The van der Waals surface area contributed by atoms with E-state index in [0.29, 0.717) is 0 Å². The van der Waals surface area contributed by atoms with Crippen LogP contribution < -0.4 is 4.90 Å². The molecule has 1 heterocycles. The van der Waals surface area contributed by atoms with E-state index in [1.54, 1.807) is 0 Å². The molecule has 0 spiro atoms. The van der Waals surface area contributed by atoms with Gasteiger partial charge in [0, 0.05) is 0 Å². The first kappa shape index (κ1) is 26.5. The predicted octanol–water partition coefficient (Wildman–Crippen LogP) is 11.6. The van der Waals surface area contributed by atoms with Crippen molar-refractivity contribution in [3.63, 3.8) is 0 Å². The van der Waals surface area contributed by atoms with Crippen molar-refractivity contribution >= 4 is 61.6 Å². The van der Waals surface area contributed by atoms with Crippen LogP contribution in [0.4, 0.5) is 17.1 Å². The Balaban J connectivity index is 1.33. The van der Waals surface area contributed by atoms with Gasteiger partial charge in [0.15, 0.2) is 0 Å². The SMILES string of the molecule is CC1(C)c2ccccc2-c2ccc(N(c3ccc(-c4ccccc4)cc3)c3cc4ccccc4c4[se]c5ccccc5c34)cc21. The van der Waals surface area contributed by atoms with Crippen LogP contribution in [0.2, 0.25) is 0 Å². The standard InChI is InChI=1S/C43H31NSe/c1-43(2)37-18-10-8-16-34(37)35-25-24-32(27-38(35)43)44(31-22-20-29(21-23-31)28-12-4-3-5-13-28)39-26-30-14-6-7-15-33(30)42-41(39)36-17-9-11-19-40(36)45-42/h3-27H,1-2H3. The molecule has 45 heavy (non-hydrogen) atoms. The van der Waals surface area contributed by atoms with Crippen molar-refractivity contribution in [1.29, 1.82) is 0 Å². The third-order valence-electron chi connectivity index (χ3n) is 9.65. The maximum atomic E-state index is 2.51. The molecular formula is C43H31NSe. The molecule has 1 aliphatic rings. The average Bonchev–Trinajstić information content (AvgIpc) is 3.59. The summed E-state index contributed by atoms with van der Waals surface area (Å²) in [6.07, 6.45) is 0. The van der Waals surface area contributed by atoms with Crippen LogP contribution in [-0.2, 0) is 5.41 Å². The first-order valence-corrected chi connectivity index (χ1v) is 17.3. The van der Waals surface area contributed by atoms with E-state index in [1.165, 1.54) is 74.8 Å². The first-order chi connectivity index (χ1) is 22.1. The molecule has 0 unspecified atom stereocenters. The molecule has 0 aliphatic heterocycles. The molecule has 0 saturated heterocycles. The molecule has 0 atom stereocenters. The van der Waals surface area contributed by atoms with Crippen LogP contribution in [0, 0.1) is 0 Å². The van der Waals surface area contributed by atoms with Gasteiger partial charge in [0.05, 0.1) is 0 Å². The van der Waals surface area contributed by atoms with Crippen molar-refractivity contribution in [2.45, 2.75) is 19.3 Å². The van der Waals surface area contributed by atoms with Crippen LogP contribution in [0.25, 0.3) is 52.3 Å². The van der Waals surface area contributed by atoms with Gasteiger partial charge >= 0.3 is 271 Å². The van der Waals surface area contributed by atoms with E-state index in [4.69, 9.17) is 0 Å². The zero-order chi connectivity index (χ0) is 30.1. The third kappa shape index (κ3) is 4.07. The molecule has 7 aromatic carbocycles. The molecule has 0 fully saturated rings. The summed E-state index contributed by atoms with van der Waals surface area (Å²) in [7, 11) is 0. The van der Waals surface area contributed by atoms with E-state index < -0.39 is 0 Å². The predicted molar refractivity (Wildman–Crippen MR) is 194 cm³/mol. The van der Waals surface area contributed by atoms with Gasteiger partial charge in [-0.2, -0.15) is 0 Å². The monoisotopic (exact) mass is 641 g/mol. The Hall–Kier alpha value is -4.88. The van der Waals surface area contributed by atoms with E-state index >= 15 is 0 Å². The number of nitrogens with zero attached hydrogens (tertiary/aromatic N) is 1. The Kier molecular flexibility index (Phi) is 5.94. The molecule has 2 heteroatoms. The second kappa shape index (κ2) is 10.1. The Morgan fingerprint density at radius 1 is 0.511 bits per heavy atom. The van der Waals surface area contributed by atoms with Gasteiger partial charge in [-0.1, -0.05) is 0 Å². The number of fused-ring (bicyclic) bond motifs is 8. The van der Waals surface area contributed by atoms with E-state index in [0.717, 1.165) is 5.69 Å². The van der Waals surface area contributed by atoms with Crippen LogP contribution in [0.15, 0.2) is 152 Å². The fourth-order valence-corrected chi connectivity index (χ4v) is 10.0. The van der Waals surface area contributed by atoms with E-state index in [9.17, 15) is 0 Å². The number of benzene rings is 7. The molecule has 8 aromatic rings. The van der Waals surface area contributed by atoms with Crippen molar-refractivity contribution in [3.8, 4) is 22.3 Å². The van der Waals surface area contributed by atoms with Gasteiger partial charge in [-0.15, -0.1) is 0 Å². The van der Waals surface area contributed by atoms with Gasteiger partial charge < -0.3 is 0 Å². The Morgan fingerprint density at radius 3 is 2.00 bits per heavy atom. The third-order valence-corrected chi connectivity index (χ3v) is 12.2. The quantitative estimate of drug-likeness (QED) is 0.173. The summed E-state index contributed by atoms with van der Waals surface area (Å²) in [5, 5.41) is 5.41. The van der Waals surface area contributed by atoms with Gasteiger partial charge in [-0.3, -0.25) is 0 Å². The average molecular weight is 641 g/mol. The molecule has 1 aliphatic carbocycles. The maximum absolute atomic E-state index is 2.51. The zero-order valence-electron chi connectivity index (χ0n) is 25.3. The molecule has 1 nitrogen and oxygen atoms in total. The van der Waals surface area contributed by atoms with Gasteiger partial charge in [0.1, 0.15) is 0 Å². The minimum atomic E-state index is -0.0776. The van der Waals surface area contributed by atoms with E-state index in [1.807, 2.05) is 0 Å². The molecule has 0 bridgehead atoms. The van der Waals surface area contributed by atoms with Crippen molar-refractivity contribution < 1.29 is 0 Å². The molecule has 0 amide bonds. The van der Waals surface area contributed by atoms with Crippen LogP contribution in [0.3, 0.4) is 0 Å². The van der Waals surface area contributed by atoms with E-state index in [-0.39, 0.29) is 19.9 Å². The molecule has 214 valence electrons. The summed E-state index contributed by atoms with van der Waals surface area (Å²) in [5.41, 5.74) is 11.5. The minimum absolute atomic E-state index is 0.0776. The van der Waals surface area contributed by atoms with Crippen molar-refractivity contribution in [2.24, 2.45) is 0 Å². The summed E-state index contributed by atoms with van der Waals surface area (Å²) in [6, 6.07) is 56.2. The number of anilines is 3. The number of hydrogen-bond acceptors (Lipinski definition) is 1. The summed E-state index contributed by atoms with van der Waals surface area (Å²) in [4.78, 5) is 2.51. The normalized spacial score (nSPS) is 13.3. The van der Waals surface area contributed by atoms with Crippen LogP contribution in [0.5, 0.6) is 0 Å². The molecule has 1 aromatic heterocycles. The van der Waals surface area contributed by atoms with E-state index in [2.05, 4.69) is 170 Å². The topological polar surface area (TPSA) is 3.24 Å². The number of hydrogen-bond donors (Lipinski definition) is 0. The number of rotatable bonds is 4. The zero-order valence-corrected chi connectivity index (χ0v) is 27.0. The van der Waals surface area contributed by atoms with Crippen LogP contribution >= 0.6 is 0 Å². The molecular weight excluding hydrogens is 609 g/mol. The van der Waals surface area contributed by atoms with Gasteiger partial charge in [-0.25, -0.2) is 0 Å². The fourth-order valence-electron chi connectivity index (χ4n) is 7.41. The van der Waals surface area contributed by atoms with Gasteiger partial charge in [-0.05, 0) is 0 Å². The van der Waals surface area contributed by atoms with Crippen LogP contribution in [-0.4, -0.2) is 14.5 Å². The molecule has 9 rings (SSSR count). The summed E-state index contributed by atoms with van der Waals surface area (Å²) in [5.74, 6) is 0. The fraction of sp³-hybridized carbons (Fsp3) is 0.0698. The second-order valence-corrected chi connectivity index (χ2v) is 14.8. The molecule has 0 saturated carbocycles. The summed E-state index contributed by atoms with van der Waals surface area (Å²) >= 11 is 0.242. The van der Waals surface area contributed by atoms with Crippen molar-refractivity contribution in [2.75, 3.05) is 4.90 Å². The van der Waals surface area contributed by atoms with Crippen molar-refractivity contribution in [3.05, 3.63) is 163 Å². The Bertz CT molecular complexity index is 2400. The van der Waals surface area contributed by atoms with Crippen molar-refractivity contribution in [1.82, 2.24) is 0 Å². The van der Waals surface area contributed by atoms with Gasteiger partial charge in [0.25, 0.3) is 0 Å². The molecule has 0 N–H and O–H groups in total. The summed E-state index contributed by atoms with van der Waals surface area (Å²) < 4.78 is 2.94. The van der Waals surface area contributed by atoms with Gasteiger partial charge in [0.2, 0.25) is 0 Å². The Labute approximate surface area is 269 Å². The summed E-state index contributed by atoms with van der Waals surface area (Å²) in [6.45, 7) is 4.74. The Morgan fingerprint density at radius 2 is 1.16 bits per heavy atom. The molecule has 0 radical (unpaired) electrons. The van der Waals surface area contributed by atoms with Crippen LogP contribution in [0.1, 0.15) is 25.0 Å². The first-order valence-electron chi connectivity index (χ1n) is 15.6.